The summed E-state index contributed by atoms with van der Waals surface area (Å²) in [6, 6.07) is 14.1. The molecule has 0 N–H and O–H groups in total. The molecule has 0 atom stereocenters. The molecule has 30 heavy (non-hydrogen) atoms. The SMILES string of the molecule is CCN(CC)Cc1ccc(C(=O)N2CCN(S(=O)(=O)c3ccccc3Cl)CC2)cc1. The minimum atomic E-state index is -3.67. The van der Waals surface area contributed by atoms with Gasteiger partial charge in [-0.3, -0.25) is 9.69 Å². The van der Waals surface area contributed by atoms with Crippen molar-refractivity contribution < 1.29 is 13.2 Å². The molecule has 6 nitrogen and oxygen atoms in total. The van der Waals surface area contributed by atoms with Crippen LogP contribution in [0.15, 0.2) is 53.4 Å². The Hall–Kier alpha value is -1.93. The molecule has 0 spiro atoms. The van der Waals surface area contributed by atoms with Gasteiger partial charge < -0.3 is 4.90 Å². The monoisotopic (exact) mass is 449 g/mol. The Morgan fingerprint density at radius 3 is 2.13 bits per heavy atom. The van der Waals surface area contributed by atoms with Crippen LogP contribution in [0.5, 0.6) is 0 Å². The van der Waals surface area contributed by atoms with Crippen LogP contribution >= 0.6 is 11.6 Å². The predicted octanol–water partition coefficient (Wildman–Crippen LogP) is 3.33. The Kier molecular flexibility index (Phi) is 7.52. The van der Waals surface area contributed by atoms with Gasteiger partial charge in [0.2, 0.25) is 10.0 Å². The van der Waals surface area contributed by atoms with Gasteiger partial charge in [-0.2, -0.15) is 4.31 Å². The number of carbonyl (C=O) groups excluding carboxylic acids is 1. The van der Waals surface area contributed by atoms with E-state index >= 15 is 0 Å². The van der Waals surface area contributed by atoms with Crippen LogP contribution in [0.2, 0.25) is 5.02 Å². The zero-order chi connectivity index (χ0) is 21.7. The first-order valence-electron chi connectivity index (χ1n) is 10.2. The fourth-order valence-electron chi connectivity index (χ4n) is 3.57. The maximum absolute atomic E-state index is 12.9. The van der Waals surface area contributed by atoms with Gasteiger partial charge in [-0.1, -0.05) is 49.7 Å². The summed E-state index contributed by atoms with van der Waals surface area (Å²) in [4.78, 5) is 17.0. The molecule has 1 heterocycles. The minimum absolute atomic E-state index is 0.0702. The van der Waals surface area contributed by atoms with Crippen molar-refractivity contribution in [2.45, 2.75) is 25.3 Å². The average molecular weight is 450 g/mol. The topological polar surface area (TPSA) is 60.9 Å². The van der Waals surface area contributed by atoms with Gasteiger partial charge in [0.25, 0.3) is 5.91 Å². The fourth-order valence-corrected chi connectivity index (χ4v) is 5.48. The maximum Gasteiger partial charge on any atom is 0.253 e. The summed E-state index contributed by atoms with van der Waals surface area (Å²) in [5, 5.41) is 0.209. The standard InChI is InChI=1S/C22H28ClN3O3S/c1-3-24(4-2)17-18-9-11-19(12-10-18)22(27)25-13-15-26(16-14-25)30(28,29)21-8-6-5-7-20(21)23/h5-12H,3-4,13-17H2,1-2H3. The van der Waals surface area contributed by atoms with Gasteiger partial charge in [-0.05, 0) is 42.9 Å². The third-order valence-electron chi connectivity index (χ3n) is 5.48. The minimum Gasteiger partial charge on any atom is -0.336 e. The van der Waals surface area contributed by atoms with Gasteiger partial charge in [-0.25, -0.2) is 8.42 Å². The smallest absolute Gasteiger partial charge is 0.253 e. The second kappa shape index (κ2) is 9.92. The van der Waals surface area contributed by atoms with Crippen molar-refractivity contribution in [1.82, 2.24) is 14.1 Å². The van der Waals surface area contributed by atoms with Crippen LogP contribution in [-0.2, 0) is 16.6 Å². The van der Waals surface area contributed by atoms with Crippen LogP contribution in [0.4, 0.5) is 0 Å². The lowest BCUT2D eigenvalue weighted by atomic mass is 10.1. The average Bonchev–Trinajstić information content (AvgIpc) is 2.77. The molecular weight excluding hydrogens is 422 g/mol. The largest absolute Gasteiger partial charge is 0.336 e. The van der Waals surface area contributed by atoms with E-state index in [0.29, 0.717) is 18.7 Å². The van der Waals surface area contributed by atoms with Crippen molar-refractivity contribution in [3.63, 3.8) is 0 Å². The summed E-state index contributed by atoms with van der Waals surface area (Å²) >= 11 is 6.08. The number of halogens is 1. The molecule has 1 fully saturated rings. The van der Waals surface area contributed by atoms with Gasteiger partial charge in [0.15, 0.2) is 0 Å². The van der Waals surface area contributed by atoms with Crippen molar-refractivity contribution in [1.29, 1.82) is 0 Å². The number of rotatable bonds is 7. The molecule has 3 rings (SSSR count). The molecule has 1 amide bonds. The molecule has 1 aliphatic heterocycles. The van der Waals surface area contributed by atoms with Gasteiger partial charge >= 0.3 is 0 Å². The van der Waals surface area contributed by atoms with E-state index in [1.807, 2.05) is 24.3 Å². The summed E-state index contributed by atoms with van der Waals surface area (Å²) in [7, 11) is -3.67. The molecule has 0 unspecified atom stereocenters. The Bertz CT molecular complexity index is 967. The zero-order valence-electron chi connectivity index (χ0n) is 17.4. The molecule has 0 aromatic heterocycles. The lowest BCUT2D eigenvalue weighted by Gasteiger charge is -2.34. The lowest BCUT2D eigenvalue weighted by molar-refractivity contribution is 0.0698. The van der Waals surface area contributed by atoms with Gasteiger partial charge in [0.1, 0.15) is 4.90 Å². The highest BCUT2D eigenvalue weighted by molar-refractivity contribution is 7.89. The molecule has 162 valence electrons. The van der Waals surface area contributed by atoms with Gasteiger partial charge in [0, 0.05) is 38.3 Å². The Morgan fingerprint density at radius 2 is 1.57 bits per heavy atom. The van der Waals surface area contributed by atoms with Crippen LogP contribution in [0.3, 0.4) is 0 Å². The summed E-state index contributed by atoms with van der Waals surface area (Å²) in [6.45, 7) is 8.29. The van der Waals surface area contributed by atoms with E-state index in [0.717, 1.165) is 19.6 Å². The number of sulfonamides is 1. The van der Waals surface area contributed by atoms with E-state index in [2.05, 4.69) is 18.7 Å². The summed E-state index contributed by atoms with van der Waals surface area (Å²) in [5.41, 5.74) is 1.80. The molecule has 8 heteroatoms. The van der Waals surface area contributed by atoms with Crippen LogP contribution in [0.1, 0.15) is 29.8 Å². The second-order valence-electron chi connectivity index (χ2n) is 7.29. The van der Waals surface area contributed by atoms with E-state index in [1.165, 1.54) is 15.9 Å². The Morgan fingerprint density at radius 1 is 0.967 bits per heavy atom. The number of hydrogen-bond acceptors (Lipinski definition) is 4. The van der Waals surface area contributed by atoms with Crippen molar-refractivity contribution in [3.8, 4) is 0 Å². The molecule has 0 saturated carbocycles. The quantitative estimate of drug-likeness (QED) is 0.650. The maximum atomic E-state index is 12.9. The van der Waals surface area contributed by atoms with E-state index in [1.54, 1.807) is 23.1 Å². The van der Waals surface area contributed by atoms with E-state index in [4.69, 9.17) is 11.6 Å². The molecular formula is C22H28ClN3O3S. The van der Waals surface area contributed by atoms with E-state index in [9.17, 15) is 13.2 Å². The predicted molar refractivity (Wildman–Crippen MR) is 119 cm³/mol. The first-order valence-corrected chi connectivity index (χ1v) is 12.0. The third-order valence-corrected chi connectivity index (χ3v) is 7.88. The number of carbonyl (C=O) groups is 1. The molecule has 2 aromatic rings. The zero-order valence-corrected chi connectivity index (χ0v) is 19.0. The van der Waals surface area contributed by atoms with Crippen LogP contribution in [0.25, 0.3) is 0 Å². The van der Waals surface area contributed by atoms with E-state index in [-0.39, 0.29) is 28.9 Å². The molecule has 0 bridgehead atoms. The highest BCUT2D eigenvalue weighted by Crippen LogP contribution is 2.25. The normalized spacial score (nSPS) is 15.5. The van der Waals surface area contributed by atoms with Crippen LogP contribution < -0.4 is 0 Å². The molecule has 1 aliphatic rings. The van der Waals surface area contributed by atoms with Gasteiger partial charge in [-0.15, -0.1) is 0 Å². The number of hydrogen-bond donors (Lipinski definition) is 0. The fraction of sp³-hybridized carbons (Fsp3) is 0.409. The van der Waals surface area contributed by atoms with Crippen LogP contribution in [-0.4, -0.2) is 67.7 Å². The first-order chi connectivity index (χ1) is 14.4. The molecule has 2 aromatic carbocycles. The Labute approximate surface area is 184 Å². The van der Waals surface area contributed by atoms with Crippen molar-refractivity contribution >= 4 is 27.5 Å². The van der Waals surface area contributed by atoms with E-state index < -0.39 is 10.0 Å². The molecule has 1 saturated heterocycles. The summed E-state index contributed by atoms with van der Waals surface area (Å²) < 4.78 is 27.1. The third kappa shape index (κ3) is 5.03. The second-order valence-corrected chi connectivity index (χ2v) is 9.60. The first kappa shape index (κ1) is 22.7. The molecule has 0 aliphatic carbocycles. The van der Waals surface area contributed by atoms with Crippen molar-refractivity contribution in [2.75, 3.05) is 39.3 Å². The van der Waals surface area contributed by atoms with Crippen molar-refractivity contribution in [3.05, 3.63) is 64.7 Å². The summed E-state index contributed by atoms with van der Waals surface area (Å²) in [5.74, 6) is -0.0702. The lowest BCUT2D eigenvalue weighted by Crippen LogP contribution is -2.50. The highest BCUT2D eigenvalue weighted by Gasteiger charge is 2.31. The molecule has 0 radical (unpaired) electrons. The van der Waals surface area contributed by atoms with Crippen molar-refractivity contribution in [2.24, 2.45) is 0 Å². The highest BCUT2D eigenvalue weighted by atomic mass is 35.5. The number of nitrogens with zero attached hydrogens (tertiary/aromatic N) is 3. The van der Waals surface area contributed by atoms with Crippen LogP contribution in [0, 0.1) is 0 Å². The summed E-state index contributed by atoms with van der Waals surface area (Å²) in [6.07, 6.45) is 0. The number of piperazine rings is 1. The number of benzene rings is 2. The Balaban J connectivity index is 1.62. The van der Waals surface area contributed by atoms with Gasteiger partial charge in [0.05, 0.1) is 5.02 Å². The number of amides is 1.